The van der Waals surface area contributed by atoms with Crippen LogP contribution < -0.4 is 5.32 Å². The Balaban J connectivity index is 1.63. The molecule has 0 saturated carbocycles. The second kappa shape index (κ2) is 6.51. The van der Waals surface area contributed by atoms with Crippen LogP contribution in [0.4, 0.5) is 5.88 Å². The highest BCUT2D eigenvalue weighted by Crippen LogP contribution is 2.17. The standard InChI is InChI=1S/C12H18N2O4/c15-14(16)12-4-3-11(18-12)9-17-7-5-10-2-1-6-13-8-10/h3-4,10,13H,1-2,5-9H2. The fourth-order valence-corrected chi connectivity index (χ4v) is 2.14. The van der Waals surface area contributed by atoms with Crippen LogP contribution in [0.25, 0.3) is 0 Å². The largest absolute Gasteiger partial charge is 0.433 e. The fraction of sp³-hybridized carbons (Fsp3) is 0.667. The molecule has 2 rings (SSSR count). The molecular weight excluding hydrogens is 236 g/mol. The van der Waals surface area contributed by atoms with Crippen LogP contribution in [0.5, 0.6) is 0 Å². The van der Waals surface area contributed by atoms with Crippen LogP contribution in [0.15, 0.2) is 16.5 Å². The Hall–Kier alpha value is -1.40. The Morgan fingerprint density at radius 1 is 1.56 bits per heavy atom. The van der Waals surface area contributed by atoms with E-state index in [0.29, 0.717) is 24.9 Å². The van der Waals surface area contributed by atoms with Crippen molar-refractivity contribution < 1.29 is 14.1 Å². The Labute approximate surface area is 105 Å². The van der Waals surface area contributed by atoms with E-state index in [-0.39, 0.29) is 5.88 Å². The van der Waals surface area contributed by atoms with E-state index in [9.17, 15) is 10.1 Å². The van der Waals surface area contributed by atoms with E-state index in [1.165, 1.54) is 18.9 Å². The predicted octanol–water partition coefficient (Wildman–Crippen LogP) is 2.09. The number of nitro groups is 1. The molecule has 1 fully saturated rings. The zero-order valence-electron chi connectivity index (χ0n) is 10.3. The van der Waals surface area contributed by atoms with Crippen molar-refractivity contribution in [2.45, 2.75) is 25.9 Å². The molecule has 1 atom stereocenters. The molecule has 1 unspecified atom stereocenters. The number of ether oxygens (including phenoxy) is 1. The number of nitrogens with zero attached hydrogens (tertiary/aromatic N) is 1. The van der Waals surface area contributed by atoms with Gasteiger partial charge in [-0.05, 0) is 44.3 Å². The minimum absolute atomic E-state index is 0.231. The second-order valence-corrected chi connectivity index (χ2v) is 4.55. The van der Waals surface area contributed by atoms with Gasteiger partial charge in [-0.3, -0.25) is 10.1 Å². The van der Waals surface area contributed by atoms with Gasteiger partial charge in [0, 0.05) is 6.61 Å². The van der Waals surface area contributed by atoms with Crippen LogP contribution >= 0.6 is 0 Å². The highest BCUT2D eigenvalue weighted by Gasteiger charge is 2.14. The van der Waals surface area contributed by atoms with Crippen LogP contribution in [0, 0.1) is 16.0 Å². The quantitative estimate of drug-likeness (QED) is 0.478. The highest BCUT2D eigenvalue weighted by molar-refractivity contribution is 5.17. The normalized spacial score (nSPS) is 19.9. The molecule has 6 nitrogen and oxygen atoms in total. The van der Waals surface area contributed by atoms with E-state index in [1.54, 1.807) is 6.07 Å². The highest BCUT2D eigenvalue weighted by atomic mass is 16.6. The van der Waals surface area contributed by atoms with E-state index in [2.05, 4.69) is 5.32 Å². The summed E-state index contributed by atoms with van der Waals surface area (Å²) < 4.78 is 10.5. The monoisotopic (exact) mass is 254 g/mol. The lowest BCUT2D eigenvalue weighted by Crippen LogP contribution is -2.30. The van der Waals surface area contributed by atoms with E-state index in [4.69, 9.17) is 9.15 Å². The maximum atomic E-state index is 10.4. The third-order valence-electron chi connectivity index (χ3n) is 3.14. The van der Waals surface area contributed by atoms with Crippen molar-refractivity contribution in [1.82, 2.24) is 5.32 Å². The van der Waals surface area contributed by atoms with Gasteiger partial charge in [0.05, 0.1) is 6.07 Å². The molecule has 0 bridgehead atoms. The summed E-state index contributed by atoms with van der Waals surface area (Å²) in [6.45, 7) is 3.15. The van der Waals surface area contributed by atoms with Gasteiger partial charge in [0.25, 0.3) is 0 Å². The Morgan fingerprint density at radius 2 is 2.44 bits per heavy atom. The maximum absolute atomic E-state index is 10.4. The second-order valence-electron chi connectivity index (χ2n) is 4.55. The lowest BCUT2D eigenvalue weighted by atomic mass is 9.97. The number of hydrogen-bond donors (Lipinski definition) is 1. The first kappa shape index (κ1) is 13.0. The summed E-state index contributed by atoms with van der Waals surface area (Å²) in [5.41, 5.74) is 0. The number of hydrogen-bond acceptors (Lipinski definition) is 5. The van der Waals surface area contributed by atoms with Crippen molar-refractivity contribution >= 4 is 5.88 Å². The van der Waals surface area contributed by atoms with Gasteiger partial charge < -0.3 is 14.5 Å². The molecule has 100 valence electrons. The summed E-state index contributed by atoms with van der Waals surface area (Å²) in [6, 6.07) is 2.93. The topological polar surface area (TPSA) is 77.5 Å². The number of piperidine rings is 1. The zero-order valence-corrected chi connectivity index (χ0v) is 10.3. The van der Waals surface area contributed by atoms with Crippen LogP contribution in [0.1, 0.15) is 25.0 Å². The predicted molar refractivity (Wildman–Crippen MR) is 65.2 cm³/mol. The third-order valence-corrected chi connectivity index (χ3v) is 3.14. The van der Waals surface area contributed by atoms with Crippen molar-refractivity contribution in [3.8, 4) is 0 Å². The van der Waals surface area contributed by atoms with Gasteiger partial charge >= 0.3 is 5.88 Å². The number of furan rings is 1. The fourth-order valence-electron chi connectivity index (χ4n) is 2.14. The average molecular weight is 254 g/mol. The van der Waals surface area contributed by atoms with Crippen molar-refractivity contribution in [3.05, 3.63) is 28.0 Å². The SMILES string of the molecule is O=[N+]([O-])c1ccc(COCCC2CCCNC2)o1. The van der Waals surface area contributed by atoms with Crippen LogP contribution in [-0.4, -0.2) is 24.6 Å². The van der Waals surface area contributed by atoms with Gasteiger partial charge in [0.1, 0.15) is 17.3 Å². The molecule has 1 N–H and O–H groups in total. The molecule has 18 heavy (non-hydrogen) atoms. The summed E-state index contributed by atoms with van der Waals surface area (Å²) >= 11 is 0. The van der Waals surface area contributed by atoms with Crippen molar-refractivity contribution in [2.24, 2.45) is 5.92 Å². The van der Waals surface area contributed by atoms with Crippen molar-refractivity contribution in [3.63, 3.8) is 0 Å². The third kappa shape index (κ3) is 3.82. The lowest BCUT2D eigenvalue weighted by molar-refractivity contribution is -0.402. The van der Waals surface area contributed by atoms with Gasteiger partial charge in [-0.25, -0.2) is 0 Å². The minimum Gasteiger partial charge on any atom is -0.403 e. The van der Waals surface area contributed by atoms with Gasteiger partial charge in [0.15, 0.2) is 0 Å². The smallest absolute Gasteiger partial charge is 0.403 e. The van der Waals surface area contributed by atoms with Crippen molar-refractivity contribution in [2.75, 3.05) is 19.7 Å². The number of rotatable bonds is 6. The van der Waals surface area contributed by atoms with E-state index in [0.717, 1.165) is 19.5 Å². The van der Waals surface area contributed by atoms with E-state index in [1.807, 2.05) is 0 Å². The number of nitrogens with one attached hydrogen (secondary N) is 1. The molecule has 0 aliphatic carbocycles. The molecule has 1 aliphatic rings. The van der Waals surface area contributed by atoms with Crippen LogP contribution in [-0.2, 0) is 11.3 Å². The van der Waals surface area contributed by atoms with Crippen LogP contribution in [0.2, 0.25) is 0 Å². The average Bonchev–Trinajstić information content (AvgIpc) is 2.85. The van der Waals surface area contributed by atoms with Gasteiger partial charge in [-0.1, -0.05) is 0 Å². The summed E-state index contributed by atoms with van der Waals surface area (Å²) in [6.07, 6.45) is 3.51. The van der Waals surface area contributed by atoms with Crippen molar-refractivity contribution in [1.29, 1.82) is 0 Å². The van der Waals surface area contributed by atoms with Gasteiger partial charge in [0.2, 0.25) is 0 Å². The molecule has 1 saturated heterocycles. The molecule has 0 aromatic carbocycles. The van der Waals surface area contributed by atoms with Gasteiger partial charge in [-0.2, -0.15) is 0 Å². The summed E-state index contributed by atoms with van der Waals surface area (Å²) in [4.78, 5) is 9.87. The molecule has 0 spiro atoms. The Morgan fingerprint density at radius 3 is 3.11 bits per heavy atom. The van der Waals surface area contributed by atoms with E-state index < -0.39 is 4.92 Å². The summed E-state index contributed by atoms with van der Waals surface area (Å²) in [5, 5.41) is 13.8. The zero-order chi connectivity index (χ0) is 12.8. The Bertz CT molecular complexity index is 385. The molecule has 2 heterocycles. The molecular formula is C12H18N2O4. The Kier molecular flexibility index (Phi) is 4.72. The minimum atomic E-state index is -0.544. The summed E-state index contributed by atoms with van der Waals surface area (Å²) in [5.74, 6) is 0.957. The molecule has 1 aliphatic heterocycles. The maximum Gasteiger partial charge on any atom is 0.433 e. The first-order valence-corrected chi connectivity index (χ1v) is 6.27. The first-order valence-electron chi connectivity index (χ1n) is 6.27. The first-order chi connectivity index (χ1) is 8.75. The molecule has 1 aromatic rings. The molecule has 1 aromatic heterocycles. The molecule has 0 radical (unpaired) electrons. The van der Waals surface area contributed by atoms with Gasteiger partial charge in [-0.15, -0.1) is 0 Å². The molecule has 6 heteroatoms. The van der Waals surface area contributed by atoms with E-state index >= 15 is 0 Å². The van der Waals surface area contributed by atoms with Crippen LogP contribution in [0.3, 0.4) is 0 Å². The lowest BCUT2D eigenvalue weighted by Gasteiger charge is -2.22. The summed E-state index contributed by atoms with van der Waals surface area (Å²) in [7, 11) is 0. The molecule has 0 amide bonds.